The van der Waals surface area contributed by atoms with E-state index in [1.807, 2.05) is 11.4 Å². The molecule has 74 valence electrons. The van der Waals surface area contributed by atoms with Crippen molar-refractivity contribution >= 4 is 26.6 Å². The van der Waals surface area contributed by atoms with Crippen molar-refractivity contribution in [3.05, 3.63) is 0 Å². The number of hydrogen-bond donors (Lipinski definition) is 0. The van der Waals surface area contributed by atoms with E-state index in [2.05, 4.69) is 21.4 Å². The molecule has 2 aliphatic rings. The zero-order valence-electron chi connectivity index (χ0n) is 8.45. The minimum absolute atomic E-state index is 0.0406. The van der Waals surface area contributed by atoms with Crippen molar-refractivity contribution in [1.82, 2.24) is 0 Å². The Morgan fingerprint density at radius 1 is 1.62 bits per heavy atom. The van der Waals surface area contributed by atoms with E-state index in [4.69, 9.17) is 9.26 Å². The largest absolute Gasteiger partial charge is 0.377 e. The molecule has 2 unspecified atom stereocenters. The summed E-state index contributed by atoms with van der Waals surface area (Å²) in [6, 6.07) is 0.417. The first-order chi connectivity index (χ1) is 6.12. The van der Waals surface area contributed by atoms with Gasteiger partial charge in [-0.15, -0.1) is 11.4 Å². The quantitative estimate of drug-likeness (QED) is 0.452. The number of ether oxygens (including phenoxy) is 1. The molecule has 0 bridgehead atoms. The fourth-order valence-electron chi connectivity index (χ4n) is 2.11. The fourth-order valence-corrected chi connectivity index (χ4v) is 5.00. The predicted octanol–water partition coefficient (Wildman–Crippen LogP) is 1.45. The molecule has 0 saturated carbocycles. The van der Waals surface area contributed by atoms with Crippen molar-refractivity contribution in [3.63, 3.8) is 0 Å². The molecule has 13 heavy (non-hydrogen) atoms. The third-order valence-corrected chi connectivity index (χ3v) is 6.27. The maximum Gasteiger partial charge on any atom is 0.139 e. The SMILES string of the molecule is B[C@H]1CC(C)[C@]2(COP(C)SC2)O1. The molecule has 0 aromatic heterocycles. The molecule has 0 radical (unpaired) electrons. The molecule has 0 aliphatic carbocycles. The Bertz CT molecular complexity index is 197. The smallest absolute Gasteiger partial charge is 0.139 e. The standard InChI is InChI=1S/C8H16BO2PS/c1-6-3-7(9)11-8(6)4-10-12(2)13-5-8/h6-7H,3-5,9H2,1-2H3/t6?,7-,8-,12?/m1/s1. The first kappa shape index (κ1) is 10.3. The van der Waals surface area contributed by atoms with Gasteiger partial charge in [0.25, 0.3) is 0 Å². The van der Waals surface area contributed by atoms with E-state index in [9.17, 15) is 0 Å². The van der Waals surface area contributed by atoms with Gasteiger partial charge in [-0.05, 0) is 19.0 Å². The number of rotatable bonds is 0. The molecule has 2 heterocycles. The summed E-state index contributed by atoms with van der Waals surface area (Å²) in [4.78, 5) is 0. The Morgan fingerprint density at radius 3 is 2.85 bits per heavy atom. The van der Waals surface area contributed by atoms with Gasteiger partial charge >= 0.3 is 0 Å². The minimum atomic E-state index is -0.230. The number of hydrogen-bond acceptors (Lipinski definition) is 3. The second kappa shape index (κ2) is 3.73. The highest BCUT2D eigenvalue weighted by molar-refractivity contribution is 8.54. The first-order valence-electron chi connectivity index (χ1n) is 4.80. The summed E-state index contributed by atoms with van der Waals surface area (Å²) in [7, 11) is 1.94. The van der Waals surface area contributed by atoms with Gasteiger partial charge in [0.2, 0.25) is 0 Å². The van der Waals surface area contributed by atoms with Gasteiger partial charge in [-0.25, -0.2) is 0 Å². The van der Waals surface area contributed by atoms with E-state index < -0.39 is 0 Å². The molecule has 0 N–H and O–H groups in total. The van der Waals surface area contributed by atoms with Gasteiger partial charge < -0.3 is 9.26 Å². The lowest BCUT2D eigenvalue weighted by molar-refractivity contribution is -0.0424. The highest BCUT2D eigenvalue weighted by Gasteiger charge is 2.47. The van der Waals surface area contributed by atoms with Crippen LogP contribution in [-0.4, -0.2) is 38.5 Å². The third kappa shape index (κ3) is 1.92. The van der Waals surface area contributed by atoms with Gasteiger partial charge in [-0.1, -0.05) is 6.92 Å². The molecule has 2 nitrogen and oxygen atoms in total. The van der Waals surface area contributed by atoms with Crippen LogP contribution in [0.3, 0.4) is 0 Å². The zero-order chi connectivity index (χ0) is 9.47. The lowest BCUT2D eigenvalue weighted by Gasteiger charge is -2.38. The highest BCUT2D eigenvalue weighted by atomic mass is 32.7. The van der Waals surface area contributed by atoms with E-state index in [-0.39, 0.29) is 13.0 Å². The Morgan fingerprint density at radius 2 is 2.38 bits per heavy atom. The van der Waals surface area contributed by atoms with Crippen LogP contribution in [-0.2, 0) is 9.26 Å². The van der Waals surface area contributed by atoms with E-state index in [0.29, 0.717) is 11.9 Å². The van der Waals surface area contributed by atoms with E-state index >= 15 is 0 Å². The van der Waals surface area contributed by atoms with Crippen LogP contribution in [0.2, 0.25) is 0 Å². The average Bonchev–Trinajstić information content (AvgIpc) is 2.34. The molecule has 0 aromatic rings. The Balaban J connectivity index is 2.04. The van der Waals surface area contributed by atoms with Gasteiger partial charge in [-0.3, -0.25) is 0 Å². The summed E-state index contributed by atoms with van der Waals surface area (Å²) < 4.78 is 11.8. The van der Waals surface area contributed by atoms with Crippen LogP contribution >= 0.6 is 18.7 Å². The van der Waals surface area contributed by atoms with Gasteiger partial charge in [0.05, 0.1) is 14.0 Å². The average molecular weight is 218 g/mol. The van der Waals surface area contributed by atoms with Crippen LogP contribution in [0.15, 0.2) is 0 Å². The Kier molecular flexibility index (Phi) is 2.95. The van der Waals surface area contributed by atoms with Gasteiger partial charge in [0, 0.05) is 11.8 Å². The van der Waals surface area contributed by atoms with Crippen LogP contribution in [0.4, 0.5) is 0 Å². The molecule has 2 rings (SSSR count). The molecule has 0 amide bonds. The second-order valence-corrected chi connectivity index (χ2v) is 8.12. The first-order valence-corrected chi connectivity index (χ1v) is 8.09. The second-order valence-electron chi connectivity index (χ2n) is 4.12. The van der Waals surface area contributed by atoms with Crippen LogP contribution in [0.25, 0.3) is 0 Å². The molecule has 2 saturated heterocycles. The lowest BCUT2D eigenvalue weighted by Crippen LogP contribution is -2.43. The Hall–Kier alpha value is 0.765. The fraction of sp³-hybridized carbons (Fsp3) is 1.00. The minimum Gasteiger partial charge on any atom is -0.377 e. The molecule has 4 atom stereocenters. The summed E-state index contributed by atoms with van der Waals surface area (Å²) in [5.41, 5.74) is 0.0406. The van der Waals surface area contributed by atoms with Crippen LogP contribution in [0, 0.1) is 5.92 Å². The zero-order valence-corrected chi connectivity index (χ0v) is 10.2. The molecule has 0 aromatic carbocycles. The maximum atomic E-state index is 6.01. The normalized spacial score (nSPS) is 51.4. The molecule has 5 heteroatoms. The molecular formula is C8H16BO2PS. The summed E-state index contributed by atoms with van der Waals surface area (Å²) in [6.07, 6.45) is 1.19. The van der Waals surface area contributed by atoms with Crippen LogP contribution in [0.5, 0.6) is 0 Å². The van der Waals surface area contributed by atoms with Crippen LogP contribution in [0.1, 0.15) is 13.3 Å². The van der Waals surface area contributed by atoms with Gasteiger partial charge in [-0.2, -0.15) is 0 Å². The third-order valence-electron chi connectivity index (χ3n) is 3.00. The summed E-state index contributed by atoms with van der Waals surface area (Å²) in [5.74, 6) is 1.78. The van der Waals surface area contributed by atoms with E-state index in [0.717, 1.165) is 12.4 Å². The van der Waals surface area contributed by atoms with Crippen LogP contribution < -0.4 is 0 Å². The van der Waals surface area contributed by atoms with Gasteiger partial charge in [0.15, 0.2) is 0 Å². The highest BCUT2D eigenvalue weighted by Crippen LogP contribution is 2.56. The van der Waals surface area contributed by atoms with Crippen molar-refractivity contribution in [2.45, 2.75) is 24.9 Å². The molecule has 2 aliphatic heterocycles. The lowest BCUT2D eigenvalue weighted by atomic mass is 9.87. The maximum absolute atomic E-state index is 6.01. The summed E-state index contributed by atoms with van der Waals surface area (Å²) in [6.45, 7) is 5.28. The summed E-state index contributed by atoms with van der Waals surface area (Å²) >= 11 is 1.94. The predicted molar refractivity (Wildman–Crippen MR) is 61.2 cm³/mol. The monoisotopic (exact) mass is 218 g/mol. The summed E-state index contributed by atoms with van der Waals surface area (Å²) in [5, 5.41) is 0. The Labute approximate surface area is 86.1 Å². The topological polar surface area (TPSA) is 18.5 Å². The van der Waals surface area contributed by atoms with E-state index in [1.165, 1.54) is 6.42 Å². The van der Waals surface area contributed by atoms with Crippen molar-refractivity contribution in [3.8, 4) is 0 Å². The van der Waals surface area contributed by atoms with Crippen molar-refractivity contribution in [2.24, 2.45) is 5.92 Å². The van der Waals surface area contributed by atoms with Crippen molar-refractivity contribution in [1.29, 1.82) is 0 Å². The molecular weight excluding hydrogens is 202 g/mol. The van der Waals surface area contributed by atoms with E-state index in [1.54, 1.807) is 0 Å². The van der Waals surface area contributed by atoms with Gasteiger partial charge in [0.1, 0.15) is 13.4 Å². The molecule has 1 spiro atoms. The van der Waals surface area contributed by atoms with Crippen molar-refractivity contribution in [2.75, 3.05) is 19.0 Å². The van der Waals surface area contributed by atoms with Crippen molar-refractivity contribution < 1.29 is 9.26 Å². The molecule has 2 fully saturated rings.